The van der Waals surface area contributed by atoms with Crippen LogP contribution in [0.4, 0.5) is 0 Å². The summed E-state index contributed by atoms with van der Waals surface area (Å²) in [4.78, 5) is 0. The van der Waals surface area contributed by atoms with Crippen molar-refractivity contribution in [2.24, 2.45) is 0 Å². The monoisotopic (exact) mass is 497 g/mol. The van der Waals surface area contributed by atoms with E-state index in [1.165, 1.54) is 0 Å². The molecule has 0 unspecified atom stereocenters. The Morgan fingerprint density at radius 3 is 0.966 bits per heavy atom. The fourth-order valence-corrected chi connectivity index (χ4v) is 1.73. The van der Waals surface area contributed by atoms with Crippen LogP contribution < -0.4 is 24.8 Å². The predicted octanol–water partition coefficient (Wildman–Crippen LogP) is 0.700. The van der Waals surface area contributed by atoms with Gasteiger partial charge in [-0.05, 0) is 0 Å². The van der Waals surface area contributed by atoms with Crippen LogP contribution in [0.25, 0.3) is 0 Å². The summed E-state index contributed by atoms with van der Waals surface area (Å²) in [6, 6.07) is 0. The first-order chi connectivity index (χ1) is 12.9. The van der Waals surface area contributed by atoms with Crippen molar-refractivity contribution in [3.63, 3.8) is 0 Å². The molecular weight excluding hydrogens is 474 g/mol. The summed E-state index contributed by atoms with van der Waals surface area (Å²) in [5.74, 6) is 0. The second-order valence-corrected chi connectivity index (χ2v) is 5.21. The Morgan fingerprint density at radius 1 is 0.552 bits per heavy atom. The van der Waals surface area contributed by atoms with E-state index in [4.69, 9.17) is 0 Å². The SMILES string of the molecule is C=C1[C-]=CC=C1.[C-]1=CC=CC1.[C-]1=CC=CC1.[C-]1=CC=CC1.[C-]1=CC=CC1.[Cl-].[Cl-].[Zr+2]. The summed E-state index contributed by atoms with van der Waals surface area (Å²) >= 11 is 0. The Hall–Kier alpha value is -1.40. The number of allylic oxidation sites excluding steroid dienone is 21. The third kappa shape index (κ3) is 24.6. The van der Waals surface area contributed by atoms with Gasteiger partial charge in [-0.15, -0.1) is 31.8 Å². The van der Waals surface area contributed by atoms with Crippen molar-refractivity contribution < 1.29 is 51.0 Å². The summed E-state index contributed by atoms with van der Waals surface area (Å²) in [6.07, 6.45) is 48.6. The van der Waals surface area contributed by atoms with Gasteiger partial charge in [0.1, 0.15) is 0 Å². The standard InChI is InChI=1S/C6H5.4C5H5.2ClH.Zr/c1-6-4-2-3-5-6;4*1-2-4-5-3-1;;;/h2-4H,1H2;4*1-3H,4H2;2*1H;/q5*-1;;;+2/p-2. The van der Waals surface area contributed by atoms with Gasteiger partial charge in [0.05, 0.1) is 0 Å². The molecular formula is C26H25Cl2Zr-5. The van der Waals surface area contributed by atoms with Crippen molar-refractivity contribution >= 4 is 0 Å². The third-order valence-electron chi connectivity index (χ3n) is 3.01. The van der Waals surface area contributed by atoms with Crippen LogP contribution >= 0.6 is 0 Å². The number of rotatable bonds is 0. The molecule has 0 bridgehead atoms. The van der Waals surface area contributed by atoms with Crippen molar-refractivity contribution in [2.45, 2.75) is 25.7 Å². The molecule has 0 saturated carbocycles. The predicted molar refractivity (Wildman–Crippen MR) is 112 cm³/mol. The maximum absolute atomic E-state index is 3.62. The average molecular weight is 500 g/mol. The molecule has 0 aliphatic heterocycles. The van der Waals surface area contributed by atoms with E-state index in [9.17, 15) is 0 Å². The summed E-state index contributed by atoms with van der Waals surface area (Å²) in [7, 11) is 0. The van der Waals surface area contributed by atoms with E-state index in [1.807, 2.05) is 66.8 Å². The van der Waals surface area contributed by atoms with Gasteiger partial charge in [0, 0.05) is 0 Å². The molecule has 5 aliphatic rings. The molecule has 152 valence electrons. The summed E-state index contributed by atoms with van der Waals surface area (Å²) in [6.45, 7) is 3.62. The van der Waals surface area contributed by atoms with Crippen molar-refractivity contribution in [1.82, 2.24) is 0 Å². The first kappa shape index (κ1) is 32.3. The molecule has 0 saturated heterocycles. The molecule has 5 aliphatic carbocycles. The molecule has 0 radical (unpaired) electrons. The molecule has 0 aromatic heterocycles. The van der Waals surface area contributed by atoms with E-state index in [1.54, 1.807) is 0 Å². The normalized spacial score (nSPS) is 15.7. The van der Waals surface area contributed by atoms with Gasteiger partial charge in [-0.3, -0.25) is 24.3 Å². The van der Waals surface area contributed by atoms with E-state index >= 15 is 0 Å². The molecule has 0 aromatic carbocycles. The number of halogens is 2. The van der Waals surface area contributed by atoms with Gasteiger partial charge in [0.25, 0.3) is 0 Å². The van der Waals surface area contributed by atoms with Crippen molar-refractivity contribution in [2.75, 3.05) is 0 Å². The minimum Gasteiger partial charge on any atom is -1.00 e. The second-order valence-electron chi connectivity index (χ2n) is 5.21. The summed E-state index contributed by atoms with van der Waals surface area (Å²) in [5, 5.41) is 0. The molecule has 3 heteroatoms. The quantitative estimate of drug-likeness (QED) is 0.431. The van der Waals surface area contributed by atoms with Crippen LogP contribution in [0.3, 0.4) is 0 Å². The van der Waals surface area contributed by atoms with Crippen LogP contribution in [0.1, 0.15) is 25.7 Å². The van der Waals surface area contributed by atoms with E-state index in [-0.39, 0.29) is 51.0 Å². The van der Waals surface area contributed by atoms with Crippen molar-refractivity contribution in [1.29, 1.82) is 0 Å². The molecule has 0 heterocycles. The van der Waals surface area contributed by atoms with E-state index < -0.39 is 0 Å². The second kappa shape index (κ2) is 26.6. The van der Waals surface area contributed by atoms with E-state index in [0.29, 0.717) is 0 Å². The first-order valence-corrected chi connectivity index (χ1v) is 8.72. The van der Waals surface area contributed by atoms with Gasteiger partial charge in [0.15, 0.2) is 0 Å². The first-order valence-electron chi connectivity index (χ1n) is 8.72. The zero-order chi connectivity index (χ0) is 18.5. The van der Waals surface area contributed by atoms with Crippen LogP contribution in [-0.4, -0.2) is 0 Å². The summed E-state index contributed by atoms with van der Waals surface area (Å²) in [5.41, 5.74) is 0.968. The zero-order valence-electron chi connectivity index (χ0n) is 16.5. The summed E-state index contributed by atoms with van der Waals surface area (Å²) < 4.78 is 0. The third-order valence-corrected chi connectivity index (χ3v) is 3.01. The minimum atomic E-state index is 0. The fraction of sp³-hybridized carbons (Fsp3) is 0.154. The molecule has 0 aromatic rings. The van der Waals surface area contributed by atoms with Crippen LogP contribution in [0.2, 0.25) is 0 Å². The molecule has 0 amide bonds. The van der Waals surface area contributed by atoms with Gasteiger partial charge < -0.3 is 24.8 Å². The molecule has 0 fully saturated rings. The van der Waals surface area contributed by atoms with E-state index in [0.717, 1.165) is 31.3 Å². The number of hydrogen-bond donors (Lipinski definition) is 0. The molecule has 0 nitrogen and oxygen atoms in total. The van der Waals surface area contributed by atoms with Crippen LogP contribution in [0.5, 0.6) is 0 Å². The zero-order valence-corrected chi connectivity index (χ0v) is 20.4. The van der Waals surface area contributed by atoms with Gasteiger partial charge in [-0.1, -0.05) is 0 Å². The smallest absolute Gasteiger partial charge is 1.00 e. The van der Waals surface area contributed by atoms with Crippen LogP contribution in [-0.2, 0) is 26.2 Å². The Labute approximate surface area is 209 Å². The molecule has 0 spiro atoms. The van der Waals surface area contributed by atoms with Crippen LogP contribution in [0.15, 0.2) is 103 Å². The number of hydrogen-bond acceptors (Lipinski definition) is 0. The average Bonchev–Trinajstić information content (AvgIpc) is 3.54. The Kier molecular flexibility index (Phi) is 29.6. The Morgan fingerprint density at radius 2 is 0.897 bits per heavy atom. The molecule has 29 heavy (non-hydrogen) atoms. The topological polar surface area (TPSA) is 0 Å². The Balaban J connectivity index is -0.000000284. The Bertz CT molecular complexity index is 539. The van der Waals surface area contributed by atoms with Crippen LogP contribution in [0, 0.1) is 30.4 Å². The molecule has 5 rings (SSSR count). The van der Waals surface area contributed by atoms with Gasteiger partial charge >= 0.3 is 26.2 Å². The minimum absolute atomic E-state index is 0. The largest absolute Gasteiger partial charge is 2.00 e. The molecule has 0 N–H and O–H groups in total. The van der Waals surface area contributed by atoms with Crippen molar-refractivity contribution in [3.8, 4) is 0 Å². The van der Waals surface area contributed by atoms with Crippen molar-refractivity contribution in [3.05, 3.63) is 134 Å². The van der Waals surface area contributed by atoms with Gasteiger partial charge in [-0.2, -0.15) is 54.7 Å². The van der Waals surface area contributed by atoms with E-state index in [2.05, 4.69) is 61.3 Å². The van der Waals surface area contributed by atoms with Gasteiger partial charge in [0.2, 0.25) is 0 Å². The molecule has 0 atom stereocenters. The fourth-order valence-electron chi connectivity index (χ4n) is 1.73. The van der Waals surface area contributed by atoms with Gasteiger partial charge in [-0.25, -0.2) is 48.6 Å². The maximum atomic E-state index is 3.62. The maximum Gasteiger partial charge on any atom is 2.00 e.